The number of thiazole rings is 1. The number of allylic oxidation sites excluding steroid dienone is 1. The van der Waals surface area contributed by atoms with Crippen LogP contribution in [0, 0.1) is 6.92 Å². The van der Waals surface area contributed by atoms with E-state index in [0.29, 0.717) is 6.54 Å². The number of aromatic nitrogens is 1. The Kier molecular flexibility index (Phi) is 8.13. The highest BCUT2D eigenvalue weighted by Crippen LogP contribution is 2.35. The van der Waals surface area contributed by atoms with Crippen molar-refractivity contribution in [1.82, 2.24) is 4.57 Å². The van der Waals surface area contributed by atoms with Crippen molar-refractivity contribution < 1.29 is 17.0 Å². The van der Waals surface area contributed by atoms with E-state index >= 15 is 0 Å². The Balaban J connectivity index is 0.00000272. The van der Waals surface area contributed by atoms with Gasteiger partial charge in [0.2, 0.25) is 0 Å². The first-order valence-corrected chi connectivity index (χ1v) is 11.9. The first-order chi connectivity index (χ1) is 14.7. The molecule has 0 aliphatic rings. The Morgan fingerprint density at radius 1 is 0.935 bits per heavy atom. The number of aryl methyl sites for hydroxylation is 1. The van der Waals surface area contributed by atoms with Gasteiger partial charge in [0, 0.05) is 11.4 Å². The quantitative estimate of drug-likeness (QED) is 0.280. The van der Waals surface area contributed by atoms with E-state index in [-0.39, 0.29) is 17.0 Å². The molecule has 158 valence electrons. The predicted molar refractivity (Wildman–Crippen MR) is 132 cm³/mol. The summed E-state index contributed by atoms with van der Waals surface area (Å²) in [7, 11) is 0. The monoisotopic (exact) mass is 507 g/mol. The summed E-state index contributed by atoms with van der Waals surface area (Å²) in [5, 5.41) is 0. The van der Waals surface area contributed by atoms with Gasteiger partial charge in [0.15, 0.2) is 4.80 Å². The molecule has 0 fully saturated rings. The third kappa shape index (κ3) is 5.29. The Morgan fingerprint density at radius 3 is 2.23 bits per heavy atom. The van der Waals surface area contributed by atoms with Crippen LogP contribution in [0.15, 0.2) is 101 Å². The molecular formula is C26H24BrN2S2-. The molecule has 0 bridgehead atoms. The summed E-state index contributed by atoms with van der Waals surface area (Å²) in [6.45, 7) is 6.79. The second-order valence-corrected chi connectivity index (χ2v) is 8.86. The van der Waals surface area contributed by atoms with Gasteiger partial charge in [-0.05, 0) is 48.6 Å². The molecule has 4 rings (SSSR count). The number of nitrogens with zero attached hydrogens (tertiary/aromatic N) is 2. The summed E-state index contributed by atoms with van der Waals surface area (Å²) in [6, 6.07) is 27.7. The van der Waals surface area contributed by atoms with Crippen molar-refractivity contribution in [2.75, 3.05) is 6.26 Å². The number of benzene rings is 3. The number of halogens is 1. The SMILES string of the molecule is C=CCn1c(-c2ccc(SC)cc2)c(-c2ccccc2)sc1=Nc1ccc(C)cc1.[Br-]. The van der Waals surface area contributed by atoms with Crippen molar-refractivity contribution in [3.63, 3.8) is 0 Å². The van der Waals surface area contributed by atoms with Crippen LogP contribution in [-0.2, 0) is 6.54 Å². The number of thioether (sulfide) groups is 1. The second kappa shape index (κ2) is 10.8. The molecule has 4 aromatic rings. The molecule has 0 aliphatic carbocycles. The fraction of sp³-hybridized carbons (Fsp3) is 0.115. The third-order valence-corrected chi connectivity index (χ3v) is 6.75. The molecule has 31 heavy (non-hydrogen) atoms. The molecule has 0 N–H and O–H groups in total. The van der Waals surface area contributed by atoms with Gasteiger partial charge < -0.3 is 21.5 Å². The van der Waals surface area contributed by atoms with Gasteiger partial charge in [-0.25, -0.2) is 4.99 Å². The predicted octanol–water partition coefficient (Wildman–Crippen LogP) is 4.34. The van der Waals surface area contributed by atoms with Crippen LogP contribution in [0.1, 0.15) is 5.56 Å². The van der Waals surface area contributed by atoms with Crippen LogP contribution in [0.3, 0.4) is 0 Å². The van der Waals surface area contributed by atoms with Crippen LogP contribution >= 0.6 is 23.1 Å². The molecular weight excluding hydrogens is 484 g/mol. The summed E-state index contributed by atoms with van der Waals surface area (Å²) >= 11 is 3.48. The largest absolute Gasteiger partial charge is 1.00 e. The Morgan fingerprint density at radius 2 is 1.61 bits per heavy atom. The van der Waals surface area contributed by atoms with E-state index in [1.54, 1.807) is 23.1 Å². The standard InChI is InChI=1S/C26H24N2S2.BrH/c1-4-18-28-24(20-12-16-23(29-3)17-13-20)25(21-8-6-5-7-9-21)30-26(28)27-22-14-10-19(2)11-15-22;/h4-17H,1,18H2,2-3H3;1H/p-1. The minimum Gasteiger partial charge on any atom is -1.00 e. The maximum Gasteiger partial charge on any atom is 0.191 e. The van der Waals surface area contributed by atoms with Crippen LogP contribution in [0.2, 0.25) is 0 Å². The summed E-state index contributed by atoms with van der Waals surface area (Å²) in [5.41, 5.74) is 5.77. The Labute approximate surface area is 202 Å². The van der Waals surface area contributed by atoms with Crippen molar-refractivity contribution >= 4 is 28.8 Å². The molecule has 0 unspecified atom stereocenters. The lowest BCUT2D eigenvalue weighted by Crippen LogP contribution is -3.00. The first kappa shape index (κ1) is 23.3. The highest BCUT2D eigenvalue weighted by Gasteiger charge is 2.17. The van der Waals surface area contributed by atoms with E-state index < -0.39 is 0 Å². The first-order valence-electron chi connectivity index (χ1n) is 9.85. The van der Waals surface area contributed by atoms with E-state index in [1.807, 2.05) is 6.08 Å². The van der Waals surface area contributed by atoms with Gasteiger partial charge >= 0.3 is 0 Å². The average Bonchev–Trinajstić information content (AvgIpc) is 3.14. The zero-order chi connectivity index (χ0) is 20.9. The Bertz CT molecular complexity index is 1210. The second-order valence-electron chi connectivity index (χ2n) is 7.00. The highest BCUT2D eigenvalue weighted by atomic mass is 79.9. The molecule has 0 aliphatic heterocycles. The Hall–Kier alpha value is -2.34. The summed E-state index contributed by atoms with van der Waals surface area (Å²) in [5.74, 6) is 0. The maximum absolute atomic E-state index is 5.00. The zero-order valence-electron chi connectivity index (χ0n) is 17.6. The number of hydrogen-bond donors (Lipinski definition) is 0. The molecule has 0 amide bonds. The zero-order valence-corrected chi connectivity index (χ0v) is 20.8. The lowest BCUT2D eigenvalue weighted by Gasteiger charge is -2.10. The third-order valence-electron chi connectivity index (χ3n) is 4.88. The van der Waals surface area contributed by atoms with Crippen molar-refractivity contribution in [2.45, 2.75) is 18.4 Å². The van der Waals surface area contributed by atoms with Gasteiger partial charge in [0.05, 0.1) is 16.3 Å². The molecule has 0 saturated carbocycles. The topological polar surface area (TPSA) is 17.3 Å². The summed E-state index contributed by atoms with van der Waals surface area (Å²) in [4.78, 5) is 8.45. The molecule has 5 heteroatoms. The van der Waals surface area contributed by atoms with Gasteiger partial charge in [0.1, 0.15) is 0 Å². The van der Waals surface area contributed by atoms with E-state index in [2.05, 4.69) is 103 Å². The lowest BCUT2D eigenvalue weighted by molar-refractivity contribution is -0.00000594. The van der Waals surface area contributed by atoms with Crippen molar-refractivity contribution in [3.05, 3.63) is 102 Å². The van der Waals surface area contributed by atoms with E-state index in [1.165, 1.54) is 32.2 Å². The van der Waals surface area contributed by atoms with Crippen LogP contribution < -0.4 is 21.8 Å². The van der Waals surface area contributed by atoms with Crippen LogP contribution in [-0.4, -0.2) is 10.8 Å². The van der Waals surface area contributed by atoms with Crippen LogP contribution in [0.25, 0.3) is 21.7 Å². The van der Waals surface area contributed by atoms with E-state index in [4.69, 9.17) is 4.99 Å². The molecule has 3 aromatic carbocycles. The lowest BCUT2D eigenvalue weighted by atomic mass is 10.1. The molecule has 0 saturated heterocycles. The van der Waals surface area contributed by atoms with E-state index in [0.717, 1.165) is 10.5 Å². The molecule has 2 nitrogen and oxygen atoms in total. The van der Waals surface area contributed by atoms with Crippen molar-refractivity contribution in [1.29, 1.82) is 0 Å². The molecule has 0 atom stereocenters. The van der Waals surface area contributed by atoms with Crippen LogP contribution in [0.4, 0.5) is 5.69 Å². The normalized spacial score (nSPS) is 11.2. The molecule has 1 heterocycles. The van der Waals surface area contributed by atoms with Crippen molar-refractivity contribution in [2.24, 2.45) is 4.99 Å². The van der Waals surface area contributed by atoms with Gasteiger partial charge in [-0.2, -0.15) is 0 Å². The van der Waals surface area contributed by atoms with Gasteiger partial charge in [-0.1, -0.05) is 77.6 Å². The summed E-state index contributed by atoms with van der Waals surface area (Å²) < 4.78 is 2.27. The summed E-state index contributed by atoms with van der Waals surface area (Å²) in [6.07, 6.45) is 4.04. The van der Waals surface area contributed by atoms with E-state index in [9.17, 15) is 0 Å². The molecule has 0 spiro atoms. The van der Waals surface area contributed by atoms with Gasteiger partial charge in [-0.3, -0.25) is 0 Å². The van der Waals surface area contributed by atoms with Gasteiger partial charge in [0.25, 0.3) is 0 Å². The number of rotatable bonds is 6. The van der Waals surface area contributed by atoms with Crippen molar-refractivity contribution in [3.8, 4) is 21.7 Å². The fourth-order valence-electron chi connectivity index (χ4n) is 3.35. The van der Waals surface area contributed by atoms with Crippen LogP contribution in [0.5, 0.6) is 0 Å². The molecule has 1 aromatic heterocycles. The average molecular weight is 509 g/mol. The maximum atomic E-state index is 5.00. The minimum atomic E-state index is 0. The fourth-order valence-corrected chi connectivity index (χ4v) is 4.94. The van der Waals surface area contributed by atoms with Gasteiger partial charge in [-0.15, -0.1) is 18.3 Å². The number of hydrogen-bond acceptors (Lipinski definition) is 3. The molecule has 0 radical (unpaired) electrons. The minimum absolute atomic E-state index is 0. The smallest absolute Gasteiger partial charge is 0.191 e. The highest BCUT2D eigenvalue weighted by molar-refractivity contribution is 7.98.